The molecule has 3 aliphatic rings. The quantitative estimate of drug-likeness (QED) is 0.648. The first kappa shape index (κ1) is 17.7. The molecule has 23 heavy (non-hydrogen) atoms. The van der Waals surface area contributed by atoms with Gasteiger partial charge in [0, 0.05) is 6.54 Å². The average Bonchev–Trinajstić information content (AvgIpc) is 2.86. The maximum absolute atomic E-state index is 6.22. The number of hydrogen-bond acceptors (Lipinski definition) is 2. The van der Waals surface area contributed by atoms with Gasteiger partial charge < -0.3 is 9.64 Å². The largest absolute Gasteiger partial charge is 0.377 e. The van der Waals surface area contributed by atoms with Crippen LogP contribution in [0.15, 0.2) is 0 Å². The zero-order chi connectivity index (χ0) is 15.7. The fourth-order valence-corrected chi connectivity index (χ4v) is 5.14. The summed E-state index contributed by atoms with van der Waals surface area (Å²) in [5.74, 6) is 2.08. The van der Waals surface area contributed by atoms with E-state index in [2.05, 4.69) is 4.90 Å². The van der Waals surface area contributed by atoms with Gasteiger partial charge in [0.05, 0.1) is 12.7 Å². The van der Waals surface area contributed by atoms with Crippen molar-refractivity contribution in [3.8, 4) is 0 Å². The van der Waals surface area contributed by atoms with Crippen LogP contribution in [-0.4, -0.2) is 37.2 Å². The fraction of sp³-hybridized carbons (Fsp3) is 1.00. The molecule has 0 atom stereocenters. The Morgan fingerprint density at radius 2 is 1.26 bits per heavy atom. The number of nitrogens with zero attached hydrogens (tertiary/aromatic N) is 1. The van der Waals surface area contributed by atoms with Crippen molar-refractivity contribution in [2.24, 2.45) is 11.8 Å². The predicted molar refractivity (Wildman–Crippen MR) is 97.8 cm³/mol. The summed E-state index contributed by atoms with van der Waals surface area (Å²) in [6, 6.07) is 0. The highest BCUT2D eigenvalue weighted by atomic mass is 16.5. The van der Waals surface area contributed by atoms with Crippen molar-refractivity contribution < 1.29 is 4.74 Å². The zero-order valence-electron chi connectivity index (χ0n) is 15.3. The van der Waals surface area contributed by atoms with Crippen LogP contribution in [0.2, 0.25) is 0 Å². The Bertz CT molecular complexity index is 297. The lowest BCUT2D eigenvalue weighted by Crippen LogP contribution is -2.31. The van der Waals surface area contributed by atoms with Gasteiger partial charge in [-0.15, -0.1) is 0 Å². The van der Waals surface area contributed by atoms with Crippen LogP contribution < -0.4 is 0 Å². The minimum absolute atomic E-state index is 0.574. The summed E-state index contributed by atoms with van der Waals surface area (Å²) in [6.45, 7) is 4.74. The molecule has 3 fully saturated rings. The molecule has 0 aromatic heterocycles. The Hall–Kier alpha value is -0.0800. The van der Waals surface area contributed by atoms with Crippen LogP contribution in [0.3, 0.4) is 0 Å². The highest BCUT2D eigenvalue weighted by molar-refractivity contribution is 4.77. The van der Waals surface area contributed by atoms with Crippen molar-refractivity contribution >= 4 is 0 Å². The molecule has 1 heterocycles. The molecule has 0 amide bonds. The Kier molecular flexibility index (Phi) is 7.74. The van der Waals surface area contributed by atoms with Crippen molar-refractivity contribution in [3.63, 3.8) is 0 Å². The molecule has 2 nitrogen and oxygen atoms in total. The zero-order valence-corrected chi connectivity index (χ0v) is 15.3. The van der Waals surface area contributed by atoms with E-state index in [4.69, 9.17) is 4.74 Å². The van der Waals surface area contributed by atoms with Gasteiger partial charge in [0.25, 0.3) is 0 Å². The molecule has 134 valence electrons. The van der Waals surface area contributed by atoms with Crippen molar-refractivity contribution in [2.45, 2.75) is 96.0 Å². The molecule has 2 aliphatic carbocycles. The third kappa shape index (κ3) is 6.38. The molecule has 2 heteroatoms. The molecular weight excluding hydrogens is 282 g/mol. The fourth-order valence-electron chi connectivity index (χ4n) is 5.14. The summed E-state index contributed by atoms with van der Waals surface area (Å²) >= 11 is 0. The molecule has 3 rings (SSSR count). The van der Waals surface area contributed by atoms with Gasteiger partial charge in [-0.2, -0.15) is 0 Å². The molecule has 0 aromatic rings. The second-order valence-electron chi connectivity index (χ2n) is 8.51. The molecular formula is C21H39NO. The summed E-state index contributed by atoms with van der Waals surface area (Å²) < 4.78 is 6.22. The van der Waals surface area contributed by atoms with Gasteiger partial charge in [-0.25, -0.2) is 0 Å². The van der Waals surface area contributed by atoms with E-state index >= 15 is 0 Å². The first-order valence-corrected chi connectivity index (χ1v) is 10.7. The van der Waals surface area contributed by atoms with E-state index in [1.165, 1.54) is 110 Å². The van der Waals surface area contributed by atoms with Crippen LogP contribution in [-0.2, 0) is 4.74 Å². The van der Waals surface area contributed by atoms with Crippen LogP contribution in [0.1, 0.15) is 89.9 Å². The Morgan fingerprint density at radius 1 is 0.652 bits per heavy atom. The molecule has 1 saturated heterocycles. The molecule has 0 bridgehead atoms. The minimum Gasteiger partial charge on any atom is -0.377 e. The van der Waals surface area contributed by atoms with Crippen molar-refractivity contribution in [1.82, 2.24) is 4.90 Å². The van der Waals surface area contributed by atoms with E-state index in [0.29, 0.717) is 6.10 Å². The molecule has 0 N–H and O–H groups in total. The topological polar surface area (TPSA) is 12.5 Å². The van der Waals surface area contributed by atoms with Crippen LogP contribution >= 0.6 is 0 Å². The third-order valence-electron chi connectivity index (χ3n) is 6.64. The lowest BCUT2D eigenvalue weighted by Gasteiger charge is -2.32. The van der Waals surface area contributed by atoms with E-state index in [9.17, 15) is 0 Å². The van der Waals surface area contributed by atoms with E-state index < -0.39 is 0 Å². The highest BCUT2D eigenvalue weighted by Gasteiger charge is 2.25. The van der Waals surface area contributed by atoms with Crippen molar-refractivity contribution in [2.75, 3.05) is 26.2 Å². The third-order valence-corrected chi connectivity index (χ3v) is 6.64. The van der Waals surface area contributed by atoms with Gasteiger partial charge >= 0.3 is 0 Å². The van der Waals surface area contributed by atoms with Gasteiger partial charge in [0.15, 0.2) is 0 Å². The highest BCUT2D eigenvalue weighted by Crippen LogP contribution is 2.35. The van der Waals surface area contributed by atoms with Crippen LogP contribution in [0.4, 0.5) is 0 Å². The van der Waals surface area contributed by atoms with Crippen LogP contribution in [0.25, 0.3) is 0 Å². The standard InChI is InChI=1S/C21H39NO/c1-2-7-15-22(14-6-1)16-17-23-21-12-10-20(11-13-21)18-19-8-4-3-5-9-19/h19-21H,1-18H2. The lowest BCUT2D eigenvalue weighted by atomic mass is 9.77. The Morgan fingerprint density at radius 3 is 1.96 bits per heavy atom. The van der Waals surface area contributed by atoms with Gasteiger partial charge in [-0.3, -0.25) is 0 Å². The van der Waals surface area contributed by atoms with Crippen molar-refractivity contribution in [1.29, 1.82) is 0 Å². The minimum atomic E-state index is 0.574. The van der Waals surface area contributed by atoms with Crippen molar-refractivity contribution in [3.05, 3.63) is 0 Å². The summed E-state index contributed by atoms with van der Waals surface area (Å²) in [6.07, 6.45) is 20.8. The summed E-state index contributed by atoms with van der Waals surface area (Å²) in [7, 11) is 0. The molecule has 0 aromatic carbocycles. The summed E-state index contributed by atoms with van der Waals surface area (Å²) in [5.41, 5.74) is 0. The van der Waals surface area contributed by atoms with E-state index in [0.717, 1.165) is 18.4 Å². The maximum Gasteiger partial charge on any atom is 0.0597 e. The van der Waals surface area contributed by atoms with E-state index in [1.54, 1.807) is 0 Å². The van der Waals surface area contributed by atoms with E-state index in [-0.39, 0.29) is 0 Å². The van der Waals surface area contributed by atoms with Gasteiger partial charge in [-0.05, 0) is 69.9 Å². The second kappa shape index (κ2) is 10.0. The average molecular weight is 322 g/mol. The lowest BCUT2D eigenvalue weighted by molar-refractivity contribution is 0.00492. The van der Waals surface area contributed by atoms with Gasteiger partial charge in [0.2, 0.25) is 0 Å². The first-order valence-electron chi connectivity index (χ1n) is 10.7. The Balaban J connectivity index is 1.25. The smallest absolute Gasteiger partial charge is 0.0597 e. The van der Waals surface area contributed by atoms with Crippen LogP contribution in [0, 0.1) is 11.8 Å². The van der Waals surface area contributed by atoms with E-state index in [1.807, 2.05) is 0 Å². The monoisotopic (exact) mass is 321 g/mol. The molecule has 0 unspecified atom stereocenters. The predicted octanol–water partition coefficient (Wildman–Crippen LogP) is 5.41. The maximum atomic E-state index is 6.22. The number of likely N-dealkylation sites (tertiary alicyclic amines) is 1. The van der Waals surface area contributed by atoms with Gasteiger partial charge in [0.1, 0.15) is 0 Å². The summed E-state index contributed by atoms with van der Waals surface area (Å²) in [4.78, 5) is 2.63. The normalized spacial score (nSPS) is 31.8. The Labute approximate surface area is 144 Å². The number of rotatable bonds is 6. The molecule has 0 radical (unpaired) electrons. The molecule has 1 aliphatic heterocycles. The first-order chi connectivity index (χ1) is 11.4. The molecule has 0 spiro atoms. The number of hydrogen-bond donors (Lipinski definition) is 0. The van der Waals surface area contributed by atoms with Crippen LogP contribution in [0.5, 0.6) is 0 Å². The summed E-state index contributed by atoms with van der Waals surface area (Å²) in [5, 5.41) is 0. The van der Waals surface area contributed by atoms with Gasteiger partial charge in [-0.1, -0.05) is 44.9 Å². The SMILES string of the molecule is C1CCC(CC2CCC(OCCN3CCCCCC3)CC2)CC1. The second-order valence-corrected chi connectivity index (χ2v) is 8.51. The number of ether oxygens (including phenoxy) is 1. The molecule has 2 saturated carbocycles.